The molecule has 0 unspecified atom stereocenters. The topological polar surface area (TPSA) is 84.3 Å². The number of aryl methyl sites for hydroxylation is 1. The molecule has 0 saturated carbocycles. The summed E-state index contributed by atoms with van der Waals surface area (Å²) < 4.78 is 26.3. The average Bonchev–Trinajstić information content (AvgIpc) is 2.74. The van der Waals surface area contributed by atoms with E-state index in [-0.39, 0.29) is 11.8 Å². The van der Waals surface area contributed by atoms with Crippen molar-refractivity contribution in [2.45, 2.75) is 40.2 Å². The van der Waals surface area contributed by atoms with E-state index in [0.717, 1.165) is 11.4 Å². The Kier molecular flexibility index (Phi) is 5.46. The van der Waals surface area contributed by atoms with Gasteiger partial charge in [-0.05, 0) is 39.2 Å². The lowest BCUT2D eigenvalue weighted by Crippen LogP contribution is -2.43. The molecule has 1 fully saturated rings. The molecule has 8 heteroatoms. The van der Waals surface area contributed by atoms with Gasteiger partial charge in [0.25, 0.3) is 0 Å². The summed E-state index contributed by atoms with van der Waals surface area (Å²) in [6, 6.07) is 0. The number of hydrogen-bond acceptors (Lipinski definition) is 4. The highest BCUT2D eigenvalue weighted by Crippen LogP contribution is 2.19. The summed E-state index contributed by atoms with van der Waals surface area (Å²) in [5.74, 6) is -0.0911. The Morgan fingerprint density at radius 1 is 1.26 bits per heavy atom. The number of amides is 1. The summed E-state index contributed by atoms with van der Waals surface area (Å²) in [6.07, 6.45) is 2.37. The Labute approximate surface area is 138 Å². The van der Waals surface area contributed by atoms with Crippen molar-refractivity contribution < 1.29 is 13.2 Å². The van der Waals surface area contributed by atoms with Gasteiger partial charge < -0.3 is 5.32 Å². The van der Waals surface area contributed by atoms with E-state index in [0.29, 0.717) is 39.0 Å². The molecule has 0 atom stereocenters. The maximum Gasteiger partial charge on any atom is 0.223 e. The zero-order valence-electron chi connectivity index (χ0n) is 14.3. The largest absolute Gasteiger partial charge is 0.354 e. The zero-order chi connectivity index (χ0) is 17.2. The van der Waals surface area contributed by atoms with Crippen molar-refractivity contribution in [3.63, 3.8) is 0 Å². The smallest absolute Gasteiger partial charge is 0.223 e. The summed E-state index contributed by atoms with van der Waals surface area (Å²) in [7, 11) is -3.14. The molecule has 1 aliphatic rings. The first-order valence-electron chi connectivity index (χ1n) is 7.93. The van der Waals surface area contributed by atoms with Gasteiger partial charge in [-0.15, -0.1) is 0 Å². The van der Waals surface area contributed by atoms with Gasteiger partial charge in [0.1, 0.15) is 0 Å². The standard InChI is InChI=1S/C15H26N4O3S/c1-11-12(2)17-19(13(11)3)10-7-16-15(20)14-5-8-18(9-6-14)23(4,21)22/h14H,5-10H2,1-4H3,(H,16,20). The number of sulfonamides is 1. The van der Waals surface area contributed by atoms with Crippen molar-refractivity contribution in [1.29, 1.82) is 0 Å². The molecule has 0 bridgehead atoms. The molecule has 0 spiro atoms. The maximum atomic E-state index is 12.2. The van der Waals surface area contributed by atoms with Gasteiger partial charge >= 0.3 is 0 Å². The third kappa shape index (κ3) is 4.32. The second-order valence-corrected chi connectivity index (χ2v) is 8.23. The molecule has 1 aliphatic heterocycles. The van der Waals surface area contributed by atoms with Crippen molar-refractivity contribution in [3.8, 4) is 0 Å². The third-order valence-electron chi connectivity index (χ3n) is 4.66. The number of hydrogen-bond donors (Lipinski definition) is 1. The van der Waals surface area contributed by atoms with Gasteiger partial charge in [0.05, 0.1) is 18.5 Å². The number of rotatable bonds is 5. The van der Waals surface area contributed by atoms with Crippen LogP contribution >= 0.6 is 0 Å². The monoisotopic (exact) mass is 342 g/mol. The molecule has 1 amide bonds. The van der Waals surface area contributed by atoms with Gasteiger partial charge in [-0.3, -0.25) is 9.48 Å². The van der Waals surface area contributed by atoms with Gasteiger partial charge in [0, 0.05) is 31.2 Å². The van der Waals surface area contributed by atoms with Crippen molar-refractivity contribution >= 4 is 15.9 Å². The summed E-state index contributed by atoms with van der Waals surface area (Å²) >= 11 is 0. The number of carbonyl (C=O) groups excluding carboxylic acids is 1. The summed E-state index contributed by atoms with van der Waals surface area (Å²) in [5.41, 5.74) is 3.32. The Morgan fingerprint density at radius 3 is 2.35 bits per heavy atom. The van der Waals surface area contributed by atoms with Crippen LogP contribution in [0.3, 0.4) is 0 Å². The normalized spacial score (nSPS) is 17.4. The quantitative estimate of drug-likeness (QED) is 0.849. The van der Waals surface area contributed by atoms with Crippen molar-refractivity contribution in [2.24, 2.45) is 5.92 Å². The first-order chi connectivity index (χ1) is 10.7. The maximum absolute atomic E-state index is 12.2. The van der Waals surface area contributed by atoms with Gasteiger partial charge in [0.2, 0.25) is 15.9 Å². The lowest BCUT2D eigenvalue weighted by Gasteiger charge is -2.29. The van der Waals surface area contributed by atoms with E-state index in [2.05, 4.69) is 10.4 Å². The van der Waals surface area contributed by atoms with E-state index in [9.17, 15) is 13.2 Å². The summed E-state index contributed by atoms with van der Waals surface area (Å²) in [6.45, 7) is 8.08. The van der Waals surface area contributed by atoms with E-state index < -0.39 is 10.0 Å². The van der Waals surface area contributed by atoms with Crippen LogP contribution in [0.2, 0.25) is 0 Å². The number of nitrogens with one attached hydrogen (secondary N) is 1. The summed E-state index contributed by atoms with van der Waals surface area (Å²) in [4.78, 5) is 12.2. The average molecular weight is 342 g/mol. The Bertz CT molecular complexity index is 673. The second-order valence-electron chi connectivity index (χ2n) is 6.25. The van der Waals surface area contributed by atoms with Crippen LogP contribution < -0.4 is 5.32 Å². The molecule has 0 aliphatic carbocycles. The minimum atomic E-state index is -3.14. The van der Waals surface area contributed by atoms with E-state index in [1.807, 2.05) is 25.5 Å². The van der Waals surface area contributed by atoms with Crippen LogP contribution in [0.5, 0.6) is 0 Å². The molecule has 1 aromatic heterocycles. The van der Waals surface area contributed by atoms with Crippen LogP contribution in [0.4, 0.5) is 0 Å². The third-order valence-corrected chi connectivity index (χ3v) is 5.96. The van der Waals surface area contributed by atoms with Gasteiger partial charge in [-0.2, -0.15) is 5.10 Å². The molecule has 0 radical (unpaired) electrons. The lowest BCUT2D eigenvalue weighted by molar-refractivity contribution is -0.126. The van der Waals surface area contributed by atoms with Crippen molar-refractivity contribution in [3.05, 3.63) is 17.0 Å². The molecule has 2 rings (SSSR count). The molecule has 1 N–H and O–H groups in total. The van der Waals surface area contributed by atoms with E-state index in [4.69, 9.17) is 0 Å². The Balaban J connectivity index is 1.79. The van der Waals surface area contributed by atoms with Gasteiger partial charge in [0.15, 0.2) is 0 Å². The van der Waals surface area contributed by atoms with Crippen molar-refractivity contribution in [1.82, 2.24) is 19.4 Å². The van der Waals surface area contributed by atoms with Crippen LogP contribution in [0.1, 0.15) is 29.8 Å². The lowest BCUT2D eigenvalue weighted by atomic mass is 9.97. The SMILES string of the molecule is Cc1nn(CCNC(=O)C2CCN(S(C)(=O)=O)CC2)c(C)c1C. The van der Waals surface area contributed by atoms with Crippen LogP contribution in [0.15, 0.2) is 0 Å². The summed E-state index contributed by atoms with van der Waals surface area (Å²) in [5, 5.41) is 7.39. The minimum Gasteiger partial charge on any atom is -0.354 e. The minimum absolute atomic E-state index is 0.0106. The van der Waals surface area contributed by atoms with E-state index in [1.165, 1.54) is 16.1 Å². The molecule has 2 heterocycles. The molecule has 1 saturated heterocycles. The molecule has 130 valence electrons. The predicted octanol–water partition coefficient (Wildman–Crippen LogP) is 0.596. The molecular weight excluding hydrogens is 316 g/mol. The highest BCUT2D eigenvalue weighted by atomic mass is 32.2. The molecule has 7 nitrogen and oxygen atoms in total. The molecular formula is C15H26N4O3S. The van der Waals surface area contributed by atoms with Crippen LogP contribution in [-0.2, 0) is 21.4 Å². The number of aromatic nitrogens is 2. The highest BCUT2D eigenvalue weighted by molar-refractivity contribution is 7.88. The molecule has 1 aromatic rings. The molecule has 23 heavy (non-hydrogen) atoms. The first-order valence-corrected chi connectivity index (χ1v) is 9.78. The van der Waals surface area contributed by atoms with Crippen LogP contribution in [-0.4, -0.2) is 54.3 Å². The van der Waals surface area contributed by atoms with Crippen molar-refractivity contribution in [2.75, 3.05) is 25.9 Å². The van der Waals surface area contributed by atoms with Gasteiger partial charge in [-0.25, -0.2) is 12.7 Å². The highest BCUT2D eigenvalue weighted by Gasteiger charge is 2.28. The molecule has 0 aromatic carbocycles. The number of piperidine rings is 1. The van der Waals surface area contributed by atoms with Crippen LogP contribution in [0.25, 0.3) is 0 Å². The van der Waals surface area contributed by atoms with E-state index in [1.54, 1.807) is 0 Å². The fourth-order valence-electron chi connectivity index (χ4n) is 2.88. The van der Waals surface area contributed by atoms with Gasteiger partial charge in [-0.1, -0.05) is 0 Å². The van der Waals surface area contributed by atoms with E-state index >= 15 is 0 Å². The fourth-order valence-corrected chi connectivity index (χ4v) is 3.76. The number of nitrogens with zero attached hydrogens (tertiary/aromatic N) is 3. The number of carbonyl (C=O) groups is 1. The second kappa shape index (κ2) is 7.00. The first kappa shape index (κ1) is 17.9. The zero-order valence-corrected chi connectivity index (χ0v) is 15.1. The van der Waals surface area contributed by atoms with Crippen LogP contribution in [0, 0.1) is 26.7 Å². The Morgan fingerprint density at radius 2 is 1.87 bits per heavy atom. The Hall–Kier alpha value is -1.41. The fraction of sp³-hybridized carbons (Fsp3) is 0.733. The predicted molar refractivity (Wildman–Crippen MR) is 88.6 cm³/mol.